The Balaban J connectivity index is 1.91. The molecule has 9 nitrogen and oxygen atoms in total. The van der Waals surface area contributed by atoms with Crippen LogP contribution in [0, 0.1) is 0 Å². The molecule has 0 atom stereocenters. The third-order valence-electron chi connectivity index (χ3n) is 5.39. The predicted molar refractivity (Wildman–Crippen MR) is 131 cm³/mol. The highest BCUT2D eigenvalue weighted by molar-refractivity contribution is 7.90. The monoisotopic (exact) mass is 499 g/mol. The molecule has 0 aliphatic rings. The van der Waals surface area contributed by atoms with Crippen molar-refractivity contribution in [3.05, 3.63) is 65.6 Å². The second-order valence-electron chi connectivity index (χ2n) is 7.75. The van der Waals surface area contributed by atoms with Crippen LogP contribution in [0.4, 0.5) is 4.79 Å². The number of sulfonamides is 1. The summed E-state index contributed by atoms with van der Waals surface area (Å²) in [6.07, 6.45) is 2.36. The number of nitrogens with zero attached hydrogens (tertiary/aromatic N) is 2. The number of amides is 1. The lowest BCUT2D eigenvalue weighted by molar-refractivity contribution is 0.111. The Kier molecular flexibility index (Phi) is 8.64. The highest BCUT2D eigenvalue weighted by Crippen LogP contribution is 2.28. The number of benzene rings is 2. The summed E-state index contributed by atoms with van der Waals surface area (Å²) in [4.78, 5) is 27.9. The van der Waals surface area contributed by atoms with E-state index in [1.165, 1.54) is 13.2 Å². The molecule has 1 N–H and O–H groups in total. The minimum atomic E-state index is -4.13. The fourth-order valence-electron chi connectivity index (χ4n) is 3.69. The molecule has 35 heavy (non-hydrogen) atoms. The molecule has 0 unspecified atom stereocenters. The van der Waals surface area contributed by atoms with E-state index in [-0.39, 0.29) is 11.5 Å². The van der Waals surface area contributed by atoms with Gasteiger partial charge in [-0.2, -0.15) is 4.98 Å². The largest absolute Gasteiger partial charge is 0.479 e. The molecule has 0 aliphatic heterocycles. The molecule has 10 heteroatoms. The first-order valence-corrected chi connectivity index (χ1v) is 12.8. The van der Waals surface area contributed by atoms with Crippen molar-refractivity contribution in [3.63, 3.8) is 0 Å². The molecule has 0 fully saturated rings. The third-order valence-corrected chi connectivity index (χ3v) is 6.76. The Morgan fingerprint density at radius 1 is 1.11 bits per heavy atom. The third kappa shape index (κ3) is 6.07. The van der Waals surface area contributed by atoms with Gasteiger partial charge in [-0.1, -0.05) is 55.8 Å². The van der Waals surface area contributed by atoms with Gasteiger partial charge in [-0.25, -0.2) is 17.9 Å². The molecule has 0 spiro atoms. The maximum absolute atomic E-state index is 12.8. The number of aromatic nitrogens is 2. The van der Waals surface area contributed by atoms with E-state index in [0.29, 0.717) is 29.2 Å². The maximum Gasteiger partial charge on any atom is 0.421 e. The van der Waals surface area contributed by atoms with E-state index >= 15 is 0 Å². The number of rotatable bonds is 11. The molecule has 1 heterocycles. The summed E-state index contributed by atoms with van der Waals surface area (Å²) >= 11 is 0. The van der Waals surface area contributed by atoms with Gasteiger partial charge < -0.3 is 14.0 Å². The van der Waals surface area contributed by atoms with Crippen molar-refractivity contribution in [2.75, 3.05) is 13.7 Å². The van der Waals surface area contributed by atoms with Gasteiger partial charge in [0.1, 0.15) is 11.5 Å². The van der Waals surface area contributed by atoms with Crippen LogP contribution < -0.4 is 9.46 Å². The van der Waals surface area contributed by atoms with Crippen LogP contribution in [0.2, 0.25) is 0 Å². The number of carbonyl (C=O) groups excluding carboxylic acids is 2. The molecule has 0 aliphatic carbocycles. The van der Waals surface area contributed by atoms with Crippen molar-refractivity contribution in [2.45, 2.75) is 44.6 Å². The summed E-state index contributed by atoms with van der Waals surface area (Å²) in [7, 11) is -2.65. The van der Waals surface area contributed by atoms with Gasteiger partial charge in [-0.05, 0) is 30.5 Å². The normalized spacial score (nSPS) is 11.2. The number of aldehydes is 1. The lowest BCUT2D eigenvalue weighted by atomic mass is 10.0. The zero-order valence-corrected chi connectivity index (χ0v) is 20.8. The van der Waals surface area contributed by atoms with Crippen molar-refractivity contribution in [1.29, 1.82) is 0 Å². The topological polar surface area (TPSA) is 117 Å². The van der Waals surface area contributed by atoms with Crippen LogP contribution in [0.1, 0.15) is 48.6 Å². The van der Waals surface area contributed by atoms with Crippen LogP contribution in [0.15, 0.2) is 53.4 Å². The number of hydrogen-bond acceptors (Lipinski definition) is 7. The maximum atomic E-state index is 12.8. The molecular weight excluding hydrogens is 470 g/mol. The lowest BCUT2D eigenvalue weighted by Gasteiger charge is -2.13. The summed E-state index contributed by atoms with van der Waals surface area (Å²) in [6.45, 7) is 4.14. The van der Waals surface area contributed by atoms with Crippen molar-refractivity contribution in [3.8, 4) is 17.0 Å². The first kappa shape index (κ1) is 26.0. The summed E-state index contributed by atoms with van der Waals surface area (Å²) in [5, 5.41) is 0. The standard InChI is InChI=1S/C25H29N3O6S/c1-4-6-11-23-26-24(33-3)21(17-29)28(23)16-18-12-14-19(15-13-18)20-9-7-8-10-22(20)35(31,32)27-25(30)34-5-2/h7-10,12-15,17H,4-6,11,16H2,1-3H3,(H,27,30). The summed E-state index contributed by atoms with van der Waals surface area (Å²) < 4.78 is 39.3. The molecular formula is C25H29N3O6S. The van der Waals surface area contributed by atoms with Crippen LogP contribution in [-0.2, 0) is 27.7 Å². The van der Waals surface area contributed by atoms with Crippen molar-refractivity contribution in [1.82, 2.24) is 14.3 Å². The summed E-state index contributed by atoms with van der Waals surface area (Å²) in [6, 6.07) is 13.7. The molecule has 0 saturated carbocycles. The Labute approximate surface area is 205 Å². The van der Waals surface area contributed by atoms with E-state index in [1.54, 1.807) is 37.3 Å². The lowest BCUT2D eigenvalue weighted by Crippen LogP contribution is -2.31. The van der Waals surface area contributed by atoms with Gasteiger partial charge in [0, 0.05) is 18.5 Å². The average molecular weight is 500 g/mol. The van der Waals surface area contributed by atoms with E-state index in [1.807, 2.05) is 21.4 Å². The number of ether oxygens (including phenoxy) is 2. The van der Waals surface area contributed by atoms with Crippen LogP contribution in [0.3, 0.4) is 0 Å². The first-order valence-electron chi connectivity index (χ1n) is 11.3. The van der Waals surface area contributed by atoms with E-state index < -0.39 is 16.1 Å². The molecule has 3 rings (SSSR count). The molecule has 1 amide bonds. The van der Waals surface area contributed by atoms with Gasteiger partial charge in [-0.15, -0.1) is 0 Å². The van der Waals surface area contributed by atoms with Gasteiger partial charge in [0.2, 0.25) is 5.88 Å². The summed E-state index contributed by atoms with van der Waals surface area (Å²) in [5.74, 6) is 1.08. The molecule has 0 bridgehead atoms. The fraction of sp³-hybridized carbons (Fsp3) is 0.320. The van der Waals surface area contributed by atoms with Crippen molar-refractivity contribution < 1.29 is 27.5 Å². The van der Waals surface area contributed by atoms with Gasteiger partial charge in [0.15, 0.2) is 6.29 Å². The van der Waals surface area contributed by atoms with Gasteiger partial charge in [0.25, 0.3) is 10.0 Å². The van der Waals surface area contributed by atoms with Crippen molar-refractivity contribution in [2.24, 2.45) is 0 Å². The number of hydrogen-bond donors (Lipinski definition) is 1. The van der Waals surface area contributed by atoms with Gasteiger partial charge in [0.05, 0.1) is 18.6 Å². The Hall–Kier alpha value is -3.66. The zero-order valence-electron chi connectivity index (χ0n) is 20.0. The zero-order chi connectivity index (χ0) is 25.4. The summed E-state index contributed by atoms with van der Waals surface area (Å²) in [5.41, 5.74) is 2.38. The highest BCUT2D eigenvalue weighted by Gasteiger charge is 2.22. The second kappa shape index (κ2) is 11.7. The Morgan fingerprint density at radius 2 is 1.83 bits per heavy atom. The molecule has 186 valence electrons. The van der Waals surface area contributed by atoms with E-state index in [4.69, 9.17) is 9.47 Å². The Bertz CT molecular complexity index is 1280. The molecule has 1 aromatic heterocycles. The molecule has 3 aromatic rings. The number of aryl methyl sites for hydroxylation is 1. The van der Waals surface area contributed by atoms with Crippen LogP contribution >= 0.6 is 0 Å². The van der Waals surface area contributed by atoms with Crippen LogP contribution in [0.5, 0.6) is 5.88 Å². The number of methoxy groups -OCH3 is 1. The predicted octanol–water partition coefficient (Wildman–Crippen LogP) is 4.20. The fourth-order valence-corrected chi connectivity index (χ4v) is 4.81. The number of unbranched alkanes of at least 4 members (excludes halogenated alkanes) is 1. The minimum Gasteiger partial charge on any atom is -0.479 e. The highest BCUT2D eigenvalue weighted by atomic mass is 32.2. The SMILES string of the molecule is CCCCc1nc(OC)c(C=O)n1Cc1ccc(-c2ccccc2S(=O)(=O)NC(=O)OCC)cc1. The van der Waals surface area contributed by atoms with E-state index in [0.717, 1.165) is 36.9 Å². The number of nitrogens with one attached hydrogen (secondary N) is 1. The molecule has 2 aromatic carbocycles. The average Bonchev–Trinajstić information content (AvgIpc) is 3.19. The minimum absolute atomic E-state index is 0.0368. The smallest absolute Gasteiger partial charge is 0.421 e. The second-order valence-corrected chi connectivity index (χ2v) is 9.40. The van der Waals surface area contributed by atoms with Crippen LogP contribution in [0.25, 0.3) is 11.1 Å². The Morgan fingerprint density at radius 3 is 2.46 bits per heavy atom. The number of carbonyl (C=O) groups is 2. The van der Waals surface area contributed by atoms with Crippen molar-refractivity contribution >= 4 is 22.4 Å². The quantitative estimate of drug-likeness (QED) is 0.393. The van der Waals surface area contributed by atoms with E-state index in [9.17, 15) is 18.0 Å². The van der Waals surface area contributed by atoms with Crippen LogP contribution in [-0.4, -0.2) is 44.1 Å². The molecule has 0 radical (unpaired) electrons. The van der Waals surface area contributed by atoms with Gasteiger partial charge >= 0.3 is 6.09 Å². The van der Waals surface area contributed by atoms with Gasteiger partial charge in [-0.3, -0.25) is 4.79 Å². The molecule has 0 saturated heterocycles. The first-order chi connectivity index (χ1) is 16.8. The number of imidazole rings is 1. The van der Waals surface area contributed by atoms with E-state index in [2.05, 4.69) is 11.9 Å².